The minimum atomic E-state index is -0.322. The van der Waals surface area contributed by atoms with Crippen molar-refractivity contribution in [3.8, 4) is 0 Å². The Balaban J connectivity index is 1.14. The Bertz CT molecular complexity index is 1000. The molecule has 4 bridgehead atoms. The molecule has 0 radical (unpaired) electrons. The van der Waals surface area contributed by atoms with Gasteiger partial charge < -0.3 is 9.47 Å². The molecule has 0 N–H and O–H groups in total. The van der Waals surface area contributed by atoms with Crippen LogP contribution < -0.4 is 0 Å². The van der Waals surface area contributed by atoms with Crippen LogP contribution in [0.3, 0.4) is 0 Å². The lowest BCUT2D eigenvalue weighted by molar-refractivity contribution is -0.0880. The second kappa shape index (κ2) is 7.09. The van der Waals surface area contributed by atoms with Crippen molar-refractivity contribution in [3.63, 3.8) is 0 Å². The summed E-state index contributed by atoms with van der Waals surface area (Å²) in [6.07, 6.45) is 14.7. The highest BCUT2D eigenvalue weighted by atomic mass is 16.6. The number of aryl methyl sites for hydroxylation is 1. The van der Waals surface area contributed by atoms with Crippen LogP contribution in [0.25, 0.3) is 0 Å². The summed E-state index contributed by atoms with van der Waals surface area (Å²) in [6.45, 7) is 1.97. The molecular weight excluding hydrogens is 412 g/mol. The topological polar surface area (TPSA) is 52.6 Å². The van der Waals surface area contributed by atoms with Crippen molar-refractivity contribution in [1.82, 2.24) is 0 Å². The second-order valence-electron chi connectivity index (χ2n) is 12.4. The van der Waals surface area contributed by atoms with E-state index in [1.165, 1.54) is 77.0 Å². The first-order chi connectivity index (χ1) is 16.0. The SMILES string of the molecule is Cc1ccc(C(=O)OC2C3CCC(C3)C23CCC3)c(C(=O)OC2C3CCC(C3)C23CCC3)c1. The summed E-state index contributed by atoms with van der Waals surface area (Å²) in [6, 6.07) is 5.53. The maximum atomic E-state index is 13.5. The van der Waals surface area contributed by atoms with Gasteiger partial charge in [-0.2, -0.15) is 0 Å². The summed E-state index contributed by atoms with van der Waals surface area (Å²) in [5.74, 6) is 1.83. The molecule has 6 saturated carbocycles. The van der Waals surface area contributed by atoms with Crippen molar-refractivity contribution in [3.05, 3.63) is 34.9 Å². The Morgan fingerprint density at radius 3 is 1.76 bits per heavy atom. The van der Waals surface area contributed by atoms with Crippen LogP contribution in [0.5, 0.6) is 0 Å². The zero-order valence-corrected chi connectivity index (χ0v) is 19.8. The molecule has 4 heteroatoms. The minimum absolute atomic E-state index is 0.0331. The quantitative estimate of drug-likeness (QED) is 0.511. The van der Waals surface area contributed by atoms with Gasteiger partial charge in [-0.1, -0.05) is 24.5 Å². The fourth-order valence-corrected chi connectivity index (χ4v) is 9.38. The van der Waals surface area contributed by atoms with Gasteiger partial charge in [-0.3, -0.25) is 0 Å². The summed E-state index contributed by atoms with van der Waals surface area (Å²) < 4.78 is 12.5. The lowest BCUT2D eigenvalue weighted by Gasteiger charge is -2.50. The van der Waals surface area contributed by atoms with Gasteiger partial charge in [-0.25, -0.2) is 9.59 Å². The Morgan fingerprint density at radius 2 is 1.27 bits per heavy atom. The van der Waals surface area contributed by atoms with E-state index in [-0.39, 0.29) is 35.0 Å². The van der Waals surface area contributed by atoms with Crippen LogP contribution in [0.4, 0.5) is 0 Å². The van der Waals surface area contributed by atoms with Crippen molar-refractivity contribution in [1.29, 1.82) is 0 Å². The van der Waals surface area contributed by atoms with Crippen LogP contribution in [0.15, 0.2) is 18.2 Å². The van der Waals surface area contributed by atoms with Crippen molar-refractivity contribution < 1.29 is 19.1 Å². The van der Waals surface area contributed by atoms with Gasteiger partial charge in [0.25, 0.3) is 0 Å². The molecule has 0 heterocycles. The van der Waals surface area contributed by atoms with Crippen LogP contribution in [-0.2, 0) is 9.47 Å². The van der Waals surface area contributed by atoms with Crippen LogP contribution >= 0.6 is 0 Å². The van der Waals surface area contributed by atoms with Crippen molar-refractivity contribution >= 4 is 11.9 Å². The van der Waals surface area contributed by atoms with Gasteiger partial charge in [-0.05, 0) is 107 Å². The van der Waals surface area contributed by atoms with Gasteiger partial charge in [0, 0.05) is 10.8 Å². The normalized spacial score (nSPS) is 38.3. The Labute approximate surface area is 196 Å². The predicted molar refractivity (Wildman–Crippen MR) is 124 cm³/mol. The molecule has 6 fully saturated rings. The molecule has 2 spiro atoms. The third-order valence-corrected chi connectivity index (χ3v) is 11.2. The monoisotopic (exact) mass is 448 g/mol. The summed E-state index contributed by atoms with van der Waals surface area (Å²) >= 11 is 0. The molecule has 1 aromatic rings. The predicted octanol–water partition coefficient (Wildman–Crippen LogP) is 6.25. The molecule has 1 aromatic carbocycles. The van der Waals surface area contributed by atoms with E-state index in [0.717, 1.165) is 17.4 Å². The number of carbonyl (C=O) groups is 2. The molecule has 6 aliphatic rings. The molecule has 0 amide bonds. The molecular formula is C29H36O4. The number of carbonyl (C=O) groups excluding carboxylic acids is 2. The van der Waals surface area contributed by atoms with Crippen LogP contribution in [0.1, 0.15) is 103 Å². The molecule has 0 aromatic heterocycles. The number of hydrogen-bond donors (Lipinski definition) is 0. The smallest absolute Gasteiger partial charge is 0.339 e. The maximum absolute atomic E-state index is 13.5. The van der Waals surface area contributed by atoms with Gasteiger partial charge in [0.05, 0.1) is 11.1 Å². The highest BCUT2D eigenvalue weighted by molar-refractivity contribution is 6.03. The molecule has 176 valence electrons. The number of fused-ring (bicyclic) bond motifs is 6. The van der Waals surface area contributed by atoms with E-state index in [1.807, 2.05) is 19.1 Å². The first kappa shape index (κ1) is 20.5. The minimum Gasteiger partial charge on any atom is -0.458 e. The third kappa shape index (κ3) is 2.76. The maximum Gasteiger partial charge on any atom is 0.339 e. The summed E-state index contributed by atoms with van der Waals surface area (Å²) in [7, 11) is 0. The molecule has 0 saturated heterocycles. The number of ether oxygens (including phenoxy) is 2. The van der Waals surface area contributed by atoms with Crippen LogP contribution in [0.2, 0.25) is 0 Å². The summed E-state index contributed by atoms with van der Waals surface area (Å²) in [5, 5.41) is 0. The number of esters is 2. The van der Waals surface area contributed by atoms with E-state index in [9.17, 15) is 9.59 Å². The number of rotatable bonds is 4. The third-order valence-electron chi connectivity index (χ3n) is 11.2. The lowest BCUT2D eigenvalue weighted by Crippen LogP contribution is -2.48. The molecule has 6 aliphatic carbocycles. The van der Waals surface area contributed by atoms with E-state index >= 15 is 0 Å². The Kier molecular flexibility index (Phi) is 4.41. The van der Waals surface area contributed by atoms with Crippen molar-refractivity contribution in [2.24, 2.45) is 34.5 Å². The second-order valence-corrected chi connectivity index (χ2v) is 12.4. The fourth-order valence-electron chi connectivity index (χ4n) is 9.38. The summed E-state index contributed by atoms with van der Waals surface area (Å²) in [4.78, 5) is 27.0. The highest BCUT2D eigenvalue weighted by Gasteiger charge is 2.63. The fraction of sp³-hybridized carbons (Fsp3) is 0.724. The van der Waals surface area contributed by atoms with E-state index in [4.69, 9.17) is 9.47 Å². The van der Waals surface area contributed by atoms with E-state index in [2.05, 4.69) is 0 Å². The van der Waals surface area contributed by atoms with Crippen LogP contribution in [-0.4, -0.2) is 24.1 Å². The molecule has 6 atom stereocenters. The van der Waals surface area contributed by atoms with Crippen molar-refractivity contribution in [2.45, 2.75) is 96.2 Å². The standard InChI is InChI=1S/C29H36O4/c1-17-4-9-22(26(30)32-24-18-5-7-20(15-18)28(24)10-2-11-28)23(14-17)27(31)33-25-19-6-8-21(16-19)29(25)12-3-13-29/h4,9,14,18-21,24-25H,2-3,5-8,10-13,15-16H2,1H3. The van der Waals surface area contributed by atoms with Crippen molar-refractivity contribution in [2.75, 3.05) is 0 Å². The van der Waals surface area contributed by atoms with Gasteiger partial charge in [-0.15, -0.1) is 0 Å². The largest absolute Gasteiger partial charge is 0.458 e. The van der Waals surface area contributed by atoms with E-state index in [0.29, 0.717) is 23.0 Å². The molecule has 0 aliphatic heterocycles. The van der Waals surface area contributed by atoms with E-state index < -0.39 is 0 Å². The number of hydrogen-bond acceptors (Lipinski definition) is 4. The molecule has 4 nitrogen and oxygen atoms in total. The first-order valence-electron chi connectivity index (χ1n) is 13.5. The van der Waals surface area contributed by atoms with Crippen LogP contribution in [0, 0.1) is 41.4 Å². The first-order valence-corrected chi connectivity index (χ1v) is 13.5. The Morgan fingerprint density at radius 1 is 0.758 bits per heavy atom. The summed E-state index contributed by atoms with van der Waals surface area (Å²) in [5.41, 5.74) is 2.23. The Hall–Kier alpha value is -1.84. The van der Waals surface area contributed by atoms with Gasteiger partial charge in [0.2, 0.25) is 0 Å². The number of benzene rings is 1. The van der Waals surface area contributed by atoms with Gasteiger partial charge >= 0.3 is 11.9 Å². The van der Waals surface area contributed by atoms with E-state index in [1.54, 1.807) is 6.07 Å². The average Bonchev–Trinajstić information content (AvgIpc) is 3.51. The highest BCUT2D eigenvalue weighted by Crippen LogP contribution is 2.66. The van der Waals surface area contributed by atoms with Gasteiger partial charge in [0.1, 0.15) is 12.2 Å². The van der Waals surface area contributed by atoms with Gasteiger partial charge in [0.15, 0.2) is 0 Å². The molecule has 33 heavy (non-hydrogen) atoms. The lowest BCUT2D eigenvalue weighted by atomic mass is 9.58. The zero-order valence-electron chi connectivity index (χ0n) is 19.8. The average molecular weight is 449 g/mol. The zero-order chi connectivity index (χ0) is 22.4. The molecule has 7 rings (SSSR count). The molecule has 6 unspecified atom stereocenters.